The maximum atomic E-state index is 13.5. The highest BCUT2D eigenvalue weighted by atomic mass is 16.5. The van der Waals surface area contributed by atoms with Crippen LogP contribution in [0.2, 0.25) is 0 Å². The fraction of sp³-hybridized carbons (Fsp3) is 0.107. The molecule has 0 aliphatic carbocycles. The molecule has 1 heterocycles. The van der Waals surface area contributed by atoms with E-state index in [4.69, 9.17) is 4.74 Å². The molecule has 4 aromatic rings. The number of amides is 1. The number of rotatable bonds is 5. The molecular formula is C28H23NO2. The van der Waals surface area contributed by atoms with E-state index in [1.165, 1.54) is 0 Å². The highest BCUT2D eigenvalue weighted by molar-refractivity contribution is 6.09. The predicted molar refractivity (Wildman–Crippen MR) is 123 cm³/mol. The Balaban J connectivity index is 1.58. The van der Waals surface area contributed by atoms with Crippen molar-refractivity contribution in [3.05, 3.63) is 126 Å². The summed E-state index contributed by atoms with van der Waals surface area (Å²) in [5, 5.41) is 0. The first kappa shape index (κ1) is 19.1. The number of nitrogens with zero attached hydrogens (tertiary/aromatic N) is 1. The fourth-order valence-corrected chi connectivity index (χ4v) is 4.45. The molecule has 0 spiro atoms. The van der Waals surface area contributed by atoms with Gasteiger partial charge in [-0.15, -0.1) is 0 Å². The minimum Gasteiger partial charge on any atom is -0.457 e. The molecule has 0 radical (unpaired) electrons. The molecule has 1 saturated heterocycles. The molecule has 1 aliphatic heterocycles. The molecule has 2 atom stereocenters. The van der Waals surface area contributed by atoms with Gasteiger partial charge in [-0.05, 0) is 54.4 Å². The molecule has 0 N–H and O–H groups in total. The summed E-state index contributed by atoms with van der Waals surface area (Å²) in [5.74, 6) is 1.64. The van der Waals surface area contributed by atoms with Gasteiger partial charge < -0.3 is 9.64 Å². The monoisotopic (exact) mass is 405 g/mol. The Hall–Kier alpha value is -3.85. The molecule has 31 heavy (non-hydrogen) atoms. The van der Waals surface area contributed by atoms with Gasteiger partial charge in [0.15, 0.2) is 0 Å². The zero-order valence-electron chi connectivity index (χ0n) is 17.3. The van der Waals surface area contributed by atoms with E-state index in [-0.39, 0.29) is 11.9 Å². The molecule has 0 saturated carbocycles. The van der Waals surface area contributed by atoms with Gasteiger partial charge in [0.2, 0.25) is 5.91 Å². The number of anilines is 1. The van der Waals surface area contributed by atoms with E-state index in [0.717, 1.165) is 28.3 Å². The Morgan fingerprint density at radius 1 is 0.710 bits per heavy atom. The van der Waals surface area contributed by atoms with Crippen molar-refractivity contribution in [2.45, 2.75) is 18.4 Å². The number of hydrogen-bond donors (Lipinski definition) is 0. The molecule has 5 rings (SSSR count). The van der Waals surface area contributed by atoms with Gasteiger partial charge in [0.1, 0.15) is 11.5 Å². The number of benzene rings is 4. The number of β-lactam (4-membered cyclic amide) rings is 1. The molecule has 152 valence electrons. The highest BCUT2D eigenvalue weighted by Gasteiger charge is 2.59. The van der Waals surface area contributed by atoms with Gasteiger partial charge in [0.25, 0.3) is 0 Å². The van der Waals surface area contributed by atoms with Gasteiger partial charge in [0.05, 0.1) is 11.5 Å². The van der Waals surface area contributed by atoms with Crippen LogP contribution in [0.4, 0.5) is 5.69 Å². The minimum absolute atomic E-state index is 0.101. The van der Waals surface area contributed by atoms with Crippen molar-refractivity contribution in [1.82, 2.24) is 0 Å². The van der Waals surface area contributed by atoms with Crippen LogP contribution < -0.4 is 9.64 Å². The topological polar surface area (TPSA) is 29.5 Å². The summed E-state index contributed by atoms with van der Waals surface area (Å²) in [5.41, 5.74) is 2.32. The summed E-state index contributed by atoms with van der Waals surface area (Å²) in [6.45, 7) is 2.04. The van der Waals surface area contributed by atoms with Crippen molar-refractivity contribution in [1.29, 1.82) is 0 Å². The lowest BCUT2D eigenvalue weighted by Crippen LogP contribution is -2.65. The quantitative estimate of drug-likeness (QED) is 0.354. The van der Waals surface area contributed by atoms with Crippen LogP contribution in [0, 0.1) is 0 Å². The van der Waals surface area contributed by atoms with Crippen LogP contribution in [-0.2, 0) is 10.2 Å². The molecule has 1 aliphatic rings. The zero-order chi connectivity index (χ0) is 21.3. The third-order valence-corrected chi connectivity index (χ3v) is 6.03. The van der Waals surface area contributed by atoms with Crippen LogP contribution in [0.15, 0.2) is 115 Å². The smallest absolute Gasteiger partial charge is 0.240 e. The standard InChI is InChI=1S/C28H23NO2/c1-28(22-13-5-2-6-14-22)26(29(27(28)30)23-15-7-3-8-16-23)21-12-11-19-25(20-21)31-24-17-9-4-10-18-24/h2-20,26H,1H3/t26-,28-/m1/s1. The summed E-state index contributed by atoms with van der Waals surface area (Å²) in [6.07, 6.45) is 0. The second kappa shape index (κ2) is 7.77. The van der Waals surface area contributed by atoms with Crippen LogP contribution in [-0.4, -0.2) is 5.91 Å². The van der Waals surface area contributed by atoms with Crippen molar-refractivity contribution in [2.24, 2.45) is 0 Å². The summed E-state index contributed by atoms with van der Waals surface area (Å²) >= 11 is 0. The van der Waals surface area contributed by atoms with Gasteiger partial charge in [-0.2, -0.15) is 0 Å². The maximum absolute atomic E-state index is 13.5. The van der Waals surface area contributed by atoms with Gasteiger partial charge in [-0.25, -0.2) is 0 Å². The van der Waals surface area contributed by atoms with Crippen LogP contribution in [0.1, 0.15) is 24.1 Å². The first-order valence-electron chi connectivity index (χ1n) is 10.4. The average molecular weight is 405 g/mol. The van der Waals surface area contributed by atoms with Gasteiger partial charge in [-0.3, -0.25) is 4.79 Å². The summed E-state index contributed by atoms with van der Waals surface area (Å²) in [6, 6.07) is 37.6. The van der Waals surface area contributed by atoms with Crippen LogP contribution >= 0.6 is 0 Å². The van der Waals surface area contributed by atoms with Crippen LogP contribution in [0.25, 0.3) is 0 Å². The maximum Gasteiger partial charge on any atom is 0.240 e. The Bertz CT molecular complexity index is 1190. The normalized spacial score (nSPS) is 20.2. The van der Waals surface area contributed by atoms with Crippen LogP contribution in [0.5, 0.6) is 11.5 Å². The molecule has 0 bridgehead atoms. The highest BCUT2D eigenvalue weighted by Crippen LogP contribution is 2.53. The van der Waals surface area contributed by atoms with E-state index < -0.39 is 5.41 Å². The van der Waals surface area contributed by atoms with Crippen molar-refractivity contribution in [3.63, 3.8) is 0 Å². The fourth-order valence-electron chi connectivity index (χ4n) is 4.45. The molecular weight excluding hydrogens is 382 g/mol. The van der Waals surface area contributed by atoms with E-state index in [0.29, 0.717) is 0 Å². The molecule has 1 amide bonds. The number of carbonyl (C=O) groups is 1. The number of para-hydroxylation sites is 2. The van der Waals surface area contributed by atoms with Crippen molar-refractivity contribution in [3.8, 4) is 11.5 Å². The minimum atomic E-state index is -0.650. The SMILES string of the molecule is C[C@]1(c2ccccc2)C(=O)N(c2ccccc2)[C@@H]1c1cccc(Oc2ccccc2)c1. The van der Waals surface area contributed by atoms with E-state index in [9.17, 15) is 4.79 Å². The van der Waals surface area contributed by atoms with Crippen molar-refractivity contribution >= 4 is 11.6 Å². The second-order valence-electron chi connectivity index (χ2n) is 7.97. The summed E-state index contributed by atoms with van der Waals surface area (Å²) in [4.78, 5) is 15.4. The van der Waals surface area contributed by atoms with E-state index >= 15 is 0 Å². The third-order valence-electron chi connectivity index (χ3n) is 6.03. The lowest BCUT2D eigenvalue weighted by atomic mass is 9.64. The first-order chi connectivity index (χ1) is 15.2. The van der Waals surface area contributed by atoms with Crippen LogP contribution in [0.3, 0.4) is 0 Å². The largest absolute Gasteiger partial charge is 0.457 e. The molecule has 1 fully saturated rings. The molecule has 4 aromatic carbocycles. The van der Waals surface area contributed by atoms with Gasteiger partial charge in [0, 0.05) is 5.69 Å². The predicted octanol–water partition coefficient (Wildman–Crippen LogP) is 6.52. The second-order valence-corrected chi connectivity index (χ2v) is 7.97. The van der Waals surface area contributed by atoms with E-state index in [1.807, 2.05) is 121 Å². The van der Waals surface area contributed by atoms with Crippen molar-refractivity contribution < 1.29 is 9.53 Å². The van der Waals surface area contributed by atoms with E-state index in [2.05, 4.69) is 6.07 Å². The molecule has 0 aromatic heterocycles. The molecule has 0 unspecified atom stereocenters. The molecule has 3 heteroatoms. The Labute approximate surface area is 182 Å². The Morgan fingerprint density at radius 2 is 1.29 bits per heavy atom. The number of ether oxygens (including phenoxy) is 1. The summed E-state index contributed by atoms with van der Waals surface area (Å²) < 4.78 is 6.08. The van der Waals surface area contributed by atoms with Gasteiger partial charge >= 0.3 is 0 Å². The van der Waals surface area contributed by atoms with Crippen molar-refractivity contribution in [2.75, 3.05) is 4.90 Å². The Kier molecular flexibility index (Phi) is 4.79. The zero-order valence-corrected chi connectivity index (χ0v) is 17.3. The van der Waals surface area contributed by atoms with E-state index in [1.54, 1.807) is 0 Å². The number of carbonyl (C=O) groups excluding carboxylic acids is 1. The third kappa shape index (κ3) is 3.28. The summed E-state index contributed by atoms with van der Waals surface area (Å²) in [7, 11) is 0. The number of hydrogen-bond acceptors (Lipinski definition) is 2. The van der Waals surface area contributed by atoms with Gasteiger partial charge in [-0.1, -0.05) is 78.9 Å². The molecule has 3 nitrogen and oxygen atoms in total. The first-order valence-corrected chi connectivity index (χ1v) is 10.4. The lowest BCUT2D eigenvalue weighted by Gasteiger charge is -2.55. The lowest BCUT2D eigenvalue weighted by molar-refractivity contribution is -0.132. The Morgan fingerprint density at radius 3 is 1.97 bits per heavy atom. The average Bonchev–Trinajstić information content (AvgIpc) is 2.83.